The molecule has 0 aromatic heterocycles. The van der Waals surface area contributed by atoms with Gasteiger partial charge in [0.1, 0.15) is 0 Å². The molecule has 2 aromatic carbocycles. The minimum Gasteiger partial charge on any atom is -0.493 e. The van der Waals surface area contributed by atoms with Crippen LogP contribution in [0.15, 0.2) is 47.4 Å². The zero-order valence-electron chi connectivity index (χ0n) is 17.0. The van der Waals surface area contributed by atoms with Crippen LogP contribution >= 0.6 is 0 Å². The molecule has 0 heterocycles. The summed E-state index contributed by atoms with van der Waals surface area (Å²) in [7, 11) is -0.867. The van der Waals surface area contributed by atoms with E-state index in [0.29, 0.717) is 17.2 Å². The van der Waals surface area contributed by atoms with E-state index in [9.17, 15) is 13.2 Å². The third-order valence-electron chi connectivity index (χ3n) is 4.96. The van der Waals surface area contributed by atoms with Crippen LogP contribution in [0.5, 0.6) is 11.5 Å². The molecule has 0 atom stereocenters. The molecule has 1 fully saturated rings. The number of carbonyl (C=O) groups excluding carboxylic acids is 1. The van der Waals surface area contributed by atoms with Crippen LogP contribution < -0.4 is 19.5 Å². The number of rotatable bonds is 8. The summed E-state index contributed by atoms with van der Waals surface area (Å²) in [6.45, 7) is 3.86. The molecular weight excluding hydrogens is 392 g/mol. The third-order valence-corrected chi connectivity index (χ3v) is 6.34. The van der Waals surface area contributed by atoms with Crippen molar-refractivity contribution in [3.05, 3.63) is 48.0 Å². The highest BCUT2D eigenvalue weighted by Crippen LogP contribution is 2.48. The first-order chi connectivity index (χ1) is 13.7. The summed E-state index contributed by atoms with van der Waals surface area (Å²) in [4.78, 5) is 12.6. The fourth-order valence-electron chi connectivity index (χ4n) is 3.23. The van der Waals surface area contributed by atoms with Crippen molar-refractivity contribution >= 4 is 21.6 Å². The van der Waals surface area contributed by atoms with Crippen LogP contribution in [0, 0.1) is 0 Å². The quantitative estimate of drug-likeness (QED) is 0.687. The smallest absolute Gasteiger partial charge is 0.262 e. The van der Waals surface area contributed by atoms with Gasteiger partial charge in [-0.05, 0) is 56.5 Å². The molecule has 8 heteroatoms. The van der Waals surface area contributed by atoms with Crippen molar-refractivity contribution in [2.75, 3.05) is 18.9 Å². The number of sulfonamides is 1. The average molecular weight is 419 g/mol. The lowest BCUT2D eigenvalue weighted by atomic mass is 9.94. The molecule has 0 spiro atoms. The van der Waals surface area contributed by atoms with Gasteiger partial charge in [0.15, 0.2) is 11.5 Å². The number of methoxy groups -OCH3 is 2. The van der Waals surface area contributed by atoms with Crippen molar-refractivity contribution in [1.29, 1.82) is 0 Å². The van der Waals surface area contributed by atoms with E-state index < -0.39 is 15.4 Å². The number of hydrogen-bond donors (Lipinski definition) is 2. The van der Waals surface area contributed by atoms with Crippen molar-refractivity contribution in [2.24, 2.45) is 0 Å². The van der Waals surface area contributed by atoms with E-state index in [4.69, 9.17) is 9.47 Å². The van der Waals surface area contributed by atoms with Crippen LogP contribution in [-0.4, -0.2) is 34.6 Å². The first kappa shape index (κ1) is 21.0. The Labute approximate surface area is 171 Å². The lowest BCUT2D eigenvalue weighted by molar-refractivity contribution is -0.124. The molecule has 1 aliphatic rings. The number of ether oxygens (including phenoxy) is 2. The highest BCUT2D eigenvalue weighted by molar-refractivity contribution is 7.92. The SMILES string of the molecule is COc1ccc(S(=O)(=O)Nc2ccc(C3(C(=O)NC(C)C)CC3)cc2)cc1OC. The second-order valence-corrected chi connectivity index (χ2v) is 9.09. The van der Waals surface area contributed by atoms with Gasteiger partial charge in [0.25, 0.3) is 10.0 Å². The van der Waals surface area contributed by atoms with Gasteiger partial charge in [-0.3, -0.25) is 9.52 Å². The summed E-state index contributed by atoms with van der Waals surface area (Å²) in [5.74, 6) is 0.800. The Bertz CT molecular complexity index is 996. The van der Waals surface area contributed by atoms with Gasteiger partial charge in [0, 0.05) is 17.8 Å². The largest absolute Gasteiger partial charge is 0.493 e. The number of nitrogens with one attached hydrogen (secondary N) is 2. The Morgan fingerprint density at radius 3 is 2.14 bits per heavy atom. The number of hydrogen-bond acceptors (Lipinski definition) is 5. The zero-order chi connectivity index (χ0) is 21.2. The standard InChI is InChI=1S/C21H26N2O5S/c1-14(2)22-20(24)21(11-12-21)15-5-7-16(8-6-15)23-29(25,26)17-9-10-18(27-3)19(13-17)28-4/h5-10,13-14,23H,11-12H2,1-4H3,(H,22,24). The number of benzene rings is 2. The predicted octanol–water partition coefficient (Wildman–Crippen LogP) is 3.06. The lowest BCUT2D eigenvalue weighted by Gasteiger charge is -2.18. The van der Waals surface area contributed by atoms with Crippen molar-refractivity contribution in [3.8, 4) is 11.5 Å². The minimum absolute atomic E-state index is 0.0196. The maximum absolute atomic E-state index is 12.7. The van der Waals surface area contributed by atoms with Crippen molar-refractivity contribution in [1.82, 2.24) is 5.32 Å². The molecule has 2 N–H and O–H groups in total. The summed E-state index contributed by atoms with van der Waals surface area (Å²) in [5, 5.41) is 2.97. The molecule has 0 bridgehead atoms. The Balaban J connectivity index is 1.78. The Kier molecular flexibility index (Phi) is 5.75. The molecule has 0 radical (unpaired) electrons. The summed E-state index contributed by atoms with van der Waals surface area (Å²) < 4.78 is 38.3. The van der Waals surface area contributed by atoms with Gasteiger partial charge in [0.2, 0.25) is 5.91 Å². The zero-order valence-corrected chi connectivity index (χ0v) is 17.8. The first-order valence-electron chi connectivity index (χ1n) is 9.38. The van der Waals surface area contributed by atoms with Gasteiger partial charge in [-0.1, -0.05) is 12.1 Å². The van der Waals surface area contributed by atoms with E-state index in [2.05, 4.69) is 10.0 Å². The monoisotopic (exact) mass is 418 g/mol. The molecule has 156 valence electrons. The minimum atomic E-state index is -3.80. The van der Waals surface area contributed by atoms with Crippen LogP contribution in [0.4, 0.5) is 5.69 Å². The van der Waals surface area contributed by atoms with Crippen molar-refractivity contribution < 1.29 is 22.7 Å². The van der Waals surface area contributed by atoms with Crippen molar-refractivity contribution in [2.45, 2.75) is 43.0 Å². The highest BCUT2D eigenvalue weighted by Gasteiger charge is 2.51. The van der Waals surface area contributed by atoms with Crippen LogP contribution in [-0.2, 0) is 20.2 Å². The van der Waals surface area contributed by atoms with E-state index in [1.807, 2.05) is 13.8 Å². The van der Waals surface area contributed by atoms with Crippen molar-refractivity contribution in [3.63, 3.8) is 0 Å². The molecule has 2 aromatic rings. The Hall–Kier alpha value is -2.74. The molecule has 1 amide bonds. The molecule has 0 aliphatic heterocycles. The van der Waals surface area contributed by atoms with E-state index in [0.717, 1.165) is 18.4 Å². The van der Waals surface area contributed by atoms with Crippen LogP contribution in [0.25, 0.3) is 0 Å². The van der Waals surface area contributed by atoms with E-state index in [1.54, 1.807) is 30.3 Å². The Morgan fingerprint density at radius 2 is 1.62 bits per heavy atom. The molecular formula is C21H26N2O5S. The third kappa shape index (κ3) is 4.32. The Morgan fingerprint density at radius 1 is 1.00 bits per heavy atom. The fraction of sp³-hybridized carbons (Fsp3) is 0.381. The lowest BCUT2D eigenvalue weighted by Crippen LogP contribution is -2.38. The average Bonchev–Trinajstić information content (AvgIpc) is 3.49. The summed E-state index contributed by atoms with van der Waals surface area (Å²) in [6.07, 6.45) is 1.59. The number of anilines is 1. The first-order valence-corrected chi connectivity index (χ1v) is 10.9. The summed E-state index contributed by atoms with van der Waals surface area (Å²) >= 11 is 0. The molecule has 29 heavy (non-hydrogen) atoms. The van der Waals surface area contributed by atoms with Gasteiger partial charge >= 0.3 is 0 Å². The van der Waals surface area contributed by atoms with Crippen LogP contribution in [0.3, 0.4) is 0 Å². The molecule has 7 nitrogen and oxygen atoms in total. The van der Waals surface area contributed by atoms with E-state index in [-0.39, 0.29) is 16.8 Å². The maximum atomic E-state index is 12.7. The van der Waals surface area contributed by atoms with Gasteiger partial charge in [-0.15, -0.1) is 0 Å². The topological polar surface area (TPSA) is 93.7 Å². The van der Waals surface area contributed by atoms with Crippen LogP contribution in [0.1, 0.15) is 32.3 Å². The maximum Gasteiger partial charge on any atom is 0.262 e. The molecule has 3 rings (SSSR count). The van der Waals surface area contributed by atoms with E-state index in [1.165, 1.54) is 26.4 Å². The fourth-order valence-corrected chi connectivity index (χ4v) is 4.30. The van der Waals surface area contributed by atoms with Gasteiger partial charge in [-0.2, -0.15) is 0 Å². The second-order valence-electron chi connectivity index (χ2n) is 7.41. The molecule has 0 unspecified atom stereocenters. The highest BCUT2D eigenvalue weighted by atomic mass is 32.2. The van der Waals surface area contributed by atoms with Gasteiger partial charge in [0.05, 0.1) is 24.5 Å². The van der Waals surface area contributed by atoms with Gasteiger partial charge < -0.3 is 14.8 Å². The normalized spacial score (nSPS) is 14.9. The summed E-state index contributed by atoms with van der Waals surface area (Å²) in [6, 6.07) is 11.4. The number of amides is 1. The second kappa shape index (κ2) is 7.94. The molecule has 1 saturated carbocycles. The van der Waals surface area contributed by atoms with Crippen LogP contribution in [0.2, 0.25) is 0 Å². The molecule has 0 saturated heterocycles. The van der Waals surface area contributed by atoms with E-state index >= 15 is 0 Å². The predicted molar refractivity (Wildman–Crippen MR) is 111 cm³/mol. The number of carbonyl (C=O) groups is 1. The summed E-state index contributed by atoms with van der Waals surface area (Å²) in [5.41, 5.74) is 0.818. The molecule has 1 aliphatic carbocycles. The van der Waals surface area contributed by atoms with Gasteiger partial charge in [-0.25, -0.2) is 8.42 Å².